The summed E-state index contributed by atoms with van der Waals surface area (Å²) in [7, 11) is 0. The summed E-state index contributed by atoms with van der Waals surface area (Å²) in [5.41, 5.74) is 0. The average molecular weight is 128 g/mol. The Hall–Kier alpha value is -0.136. The predicted molar refractivity (Wildman–Crippen MR) is 23.9 cm³/mol. The fraction of sp³-hybridized carbons (Fsp3) is 0. The molecule has 1 aromatic heterocycles. The van der Waals surface area contributed by atoms with Gasteiger partial charge in [-0.25, -0.2) is 0 Å². The van der Waals surface area contributed by atoms with Gasteiger partial charge in [-0.2, -0.15) is 0 Å². The Morgan fingerprint density at radius 2 is 2.57 bits per heavy atom. The van der Waals surface area contributed by atoms with Crippen LogP contribution in [0.5, 0.6) is 0 Å². The van der Waals surface area contributed by atoms with Gasteiger partial charge in [0.25, 0.3) is 0 Å². The summed E-state index contributed by atoms with van der Waals surface area (Å²) >= 11 is 1.94. The van der Waals surface area contributed by atoms with Crippen LogP contribution < -0.4 is 0 Å². The molecule has 0 saturated carbocycles. The molecule has 0 aliphatic heterocycles. The van der Waals surface area contributed by atoms with Crippen LogP contribution in [0.4, 0.5) is 0 Å². The molecular formula is C5H4OTi. The molecule has 1 nitrogen and oxygen atoms in total. The van der Waals surface area contributed by atoms with Gasteiger partial charge in [-0.05, 0) is 0 Å². The third-order valence-electron chi connectivity index (χ3n) is 0.685. The van der Waals surface area contributed by atoms with Gasteiger partial charge in [0.1, 0.15) is 0 Å². The van der Waals surface area contributed by atoms with Crippen molar-refractivity contribution in [2.45, 2.75) is 0 Å². The first-order chi connectivity index (χ1) is 3.43. The summed E-state index contributed by atoms with van der Waals surface area (Å²) in [6.45, 7) is 0. The molecular weight excluding hydrogens is 124 g/mol. The van der Waals surface area contributed by atoms with E-state index in [-0.39, 0.29) is 0 Å². The van der Waals surface area contributed by atoms with Crippen LogP contribution in [0.1, 0.15) is 5.76 Å². The molecule has 0 fully saturated rings. The summed E-state index contributed by atoms with van der Waals surface area (Å²) < 4.78 is 6.84. The van der Waals surface area contributed by atoms with E-state index >= 15 is 0 Å². The van der Waals surface area contributed by atoms with Crippen molar-refractivity contribution in [2.24, 2.45) is 0 Å². The quantitative estimate of drug-likeness (QED) is 0.513. The molecule has 0 aliphatic carbocycles. The molecule has 0 bridgehead atoms. The van der Waals surface area contributed by atoms with E-state index in [4.69, 9.17) is 4.42 Å². The van der Waals surface area contributed by atoms with Gasteiger partial charge < -0.3 is 0 Å². The second-order valence-corrected chi connectivity index (χ2v) is 1.61. The third-order valence-corrected chi connectivity index (χ3v) is 1.13. The van der Waals surface area contributed by atoms with E-state index in [1.807, 2.05) is 36.4 Å². The van der Waals surface area contributed by atoms with Crippen LogP contribution in [-0.4, -0.2) is 4.31 Å². The van der Waals surface area contributed by atoms with E-state index in [1.165, 1.54) is 0 Å². The molecule has 0 aromatic carbocycles. The molecule has 0 amide bonds. The molecule has 34 valence electrons. The Balaban J connectivity index is 2.96. The van der Waals surface area contributed by atoms with Crippen molar-refractivity contribution in [2.75, 3.05) is 0 Å². The van der Waals surface area contributed by atoms with E-state index in [9.17, 15) is 0 Å². The first-order valence-corrected chi connectivity index (χ1v) is 2.87. The first-order valence-electron chi connectivity index (χ1n) is 1.97. The van der Waals surface area contributed by atoms with Crippen molar-refractivity contribution in [3.63, 3.8) is 0 Å². The first kappa shape index (κ1) is 5.01. The Morgan fingerprint density at radius 1 is 1.71 bits per heavy atom. The molecule has 1 rings (SSSR count). The molecule has 1 aromatic rings. The van der Waals surface area contributed by atoms with Crippen molar-refractivity contribution in [1.82, 2.24) is 0 Å². The van der Waals surface area contributed by atoms with E-state index < -0.39 is 0 Å². The number of furan rings is 1. The van der Waals surface area contributed by atoms with E-state index in [1.54, 1.807) is 6.26 Å². The molecule has 0 atom stereocenters. The monoisotopic (exact) mass is 128 g/mol. The zero-order valence-corrected chi connectivity index (χ0v) is 5.28. The van der Waals surface area contributed by atoms with Crippen LogP contribution in [-0.2, 0) is 20.0 Å². The van der Waals surface area contributed by atoms with Gasteiger partial charge >= 0.3 is 52.9 Å². The van der Waals surface area contributed by atoms with Crippen molar-refractivity contribution in [3.05, 3.63) is 24.2 Å². The summed E-state index contributed by atoms with van der Waals surface area (Å²) in [5.74, 6) is 0.931. The molecule has 0 radical (unpaired) electrons. The van der Waals surface area contributed by atoms with Gasteiger partial charge in [-0.15, -0.1) is 0 Å². The minimum absolute atomic E-state index is 0.931. The molecule has 2 heteroatoms. The van der Waals surface area contributed by atoms with Crippen molar-refractivity contribution < 1.29 is 24.4 Å². The second kappa shape index (κ2) is 2.24. The zero-order valence-electron chi connectivity index (χ0n) is 3.72. The Kier molecular flexibility index (Phi) is 1.61. The standard InChI is InChI=1S/C5H4O.Ti/c1-5-3-2-4-6-5;/h1-4H;. The van der Waals surface area contributed by atoms with Gasteiger partial charge in [-0.3, -0.25) is 0 Å². The molecule has 0 saturated heterocycles. The molecule has 1 heterocycles. The molecule has 0 aliphatic rings. The molecule has 0 N–H and O–H groups in total. The van der Waals surface area contributed by atoms with Crippen LogP contribution in [0.15, 0.2) is 22.8 Å². The Bertz CT molecular complexity index is 143. The fourth-order valence-electron chi connectivity index (χ4n) is 0.373. The van der Waals surface area contributed by atoms with Crippen molar-refractivity contribution >= 4 is 4.31 Å². The van der Waals surface area contributed by atoms with Crippen LogP contribution >= 0.6 is 0 Å². The van der Waals surface area contributed by atoms with E-state index in [0.29, 0.717) is 0 Å². The Morgan fingerprint density at radius 3 is 2.86 bits per heavy atom. The zero-order chi connectivity index (χ0) is 5.11. The molecule has 7 heavy (non-hydrogen) atoms. The van der Waals surface area contributed by atoms with Gasteiger partial charge in [0.2, 0.25) is 0 Å². The summed E-state index contributed by atoms with van der Waals surface area (Å²) in [6.07, 6.45) is 1.66. The normalized spacial score (nSPS) is 8.43. The minimum atomic E-state index is 0.931. The fourth-order valence-corrected chi connectivity index (χ4v) is 0.630. The summed E-state index contributed by atoms with van der Waals surface area (Å²) in [5, 5.41) is 0. The number of hydrogen-bond donors (Lipinski definition) is 0. The van der Waals surface area contributed by atoms with Gasteiger partial charge in [0.05, 0.1) is 0 Å². The van der Waals surface area contributed by atoms with E-state index in [0.717, 1.165) is 5.76 Å². The second-order valence-electron chi connectivity index (χ2n) is 1.16. The molecule has 0 unspecified atom stereocenters. The Labute approximate surface area is 53.2 Å². The third kappa shape index (κ3) is 1.11. The number of hydrogen-bond acceptors (Lipinski definition) is 1. The summed E-state index contributed by atoms with van der Waals surface area (Å²) in [4.78, 5) is 0. The summed E-state index contributed by atoms with van der Waals surface area (Å²) in [6, 6.07) is 3.79. The van der Waals surface area contributed by atoms with Crippen LogP contribution in [0.25, 0.3) is 0 Å². The number of rotatable bonds is 1. The molecule has 0 spiro atoms. The predicted octanol–water partition coefficient (Wildman–Crippen LogP) is 0.977. The SMILES string of the molecule is [Ti]=[CH]c1ccco1. The van der Waals surface area contributed by atoms with Gasteiger partial charge in [-0.1, -0.05) is 0 Å². The maximum atomic E-state index is 4.93. The van der Waals surface area contributed by atoms with Gasteiger partial charge in [0, 0.05) is 0 Å². The van der Waals surface area contributed by atoms with Crippen LogP contribution in [0, 0.1) is 0 Å². The van der Waals surface area contributed by atoms with Crippen molar-refractivity contribution in [1.29, 1.82) is 0 Å². The topological polar surface area (TPSA) is 13.1 Å². The van der Waals surface area contributed by atoms with Crippen LogP contribution in [0.2, 0.25) is 0 Å². The van der Waals surface area contributed by atoms with Crippen molar-refractivity contribution in [3.8, 4) is 0 Å². The van der Waals surface area contributed by atoms with Crippen LogP contribution in [0.3, 0.4) is 0 Å². The van der Waals surface area contributed by atoms with Gasteiger partial charge in [0.15, 0.2) is 0 Å². The average Bonchev–Trinajstić information content (AvgIpc) is 2.14. The maximum absolute atomic E-state index is 4.93. The van der Waals surface area contributed by atoms with E-state index in [2.05, 4.69) is 0 Å².